The van der Waals surface area contributed by atoms with Gasteiger partial charge in [0.1, 0.15) is 0 Å². The van der Waals surface area contributed by atoms with Gasteiger partial charge in [-0.25, -0.2) is 0 Å². The number of hydrogen-bond donors (Lipinski definition) is 1. The van der Waals surface area contributed by atoms with Gasteiger partial charge < -0.3 is 14.5 Å². The van der Waals surface area contributed by atoms with Gasteiger partial charge in [-0.3, -0.25) is 0 Å². The summed E-state index contributed by atoms with van der Waals surface area (Å²) in [5.41, 5.74) is 1.41. The van der Waals surface area contributed by atoms with E-state index in [1.165, 1.54) is 5.56 Å². The van der Waals surface area contributed by atoms with Crippen molar-refractivity contribution in [1.29, 1.82) is 0 Å². The molecule has 0 radical (unpaired) electrons. The Morgan fingerprint density at radius 3 is 2.42 bits per heavy atom. The van der Waals surface area contributed by atoms with Crippen LogP contribution in [-0.2, 0) is 9.16 Å². The summed E-state index contributed by atoms with van der Waals surface area (Å²) in [5.74, 6) is 0.975. The molecule has 0 unspecified atom stereocenters. The molecular weight excluding hydrogens is 314 g/mol. The van der Waals surface area contributed by atoms with Crippen LogP contribution in [0.4, 0.5) is 0 Å². The van der Waals surface area contributed by atoms with Crippen LogP contribution in [0.15, 0.2) is 30.3 Å². The molecule has 4 heteroatoms. The number of nitrogens with one attached hydrogen (secondary N) is 1. The normalized spacial score (nSPS) is 23.4. The van der Waals surface area contributed by atoms with Crippen molar-refractivity contribution in [3.63, 3.8) is 0 Å². The van der Waals surface area contributed by atoms with Gasteiger partial charge in [0, 0.05) is 31.5 Å². The number of hydrogen-bond acceptors (Lipinski definition) is 3. The molecule has 0 saturated carbocycles. The molecule has 1 aromatic rings. The zero-order valence-corrected chi connectivity index (χ0v) is 17.3. The zero-order valence-electron chi connectivity index (χ0n) is 16.3. The molecule has 0 spiro atoms. The van der Waals surface area contributed by atoms with Crippen LogP contribution in [-0.4, -0.2) is 40.7 Å². The van der Waals surface area contributed by atoms with E-state index in [1.54, 1.807) is 0 Å². The average molecular weight is 350 g/mol. The summed E-state index contributed by atoms with van der Waals surface area (Å²) in [4.78, 5) is 0. The highest BCUT2D eigenvalue weighted by Gasteiger charge is 2.40. The molecule has 0 amide bonds. The van der Waals surface area contributed by atoms with E-state index in [1.807, 2.05) is 0 Å². The van der Waals surface area contributed by atoms with E-state index in [0.717, 1.165) is 19.7 Å². The van der Waals surface area contributed by atoms with Gasteiger partial charge in [-0.15, -0.1) is 0 Å². The monoisotopic (exact) mass is 349 g/mol. The number of ether oxygens (including phenoxy) is 1. The maximum atomic E-state index is 6.49. The van der Waals surface area contributed by atoms with Crippen LogP contribution < -0.4 is 5.32 Å². The minimum absolute atomic E-state index is 0.157. The van der Waals surface area contributed by atoms with Gasteiger partial charge in [0.25, 0.3) is 0 Å². The molecule has 1 saturated heterocycles. The molecule has 0 bridgehead atoms. The molecule has 136 valence electrons. The largest absolute Gasteiger partial charge is 0.414 e. The highest BCUT2D eigenvalue weighted by atomic mass is 28.4. The topological polar surface area (TPSA) is 30.5 Å². The lowest BCUT2D eigenvalue weighted by Gasteiger charge is -2.38. The standard InChI is InChI=1S/C20H35NO2Si/c1-7-22-19(15-23-24(5,6)20(2,3)4)18-14-21-13-17(18)16-11-9-8-10-12-16/h8-12,17-19,21H,7,13-15H2,1-6H3/t17-,18+,19+/m1/s1. The first-order valence-electron chi connectivity index (χ1n) is 9.27. The van der Waals surface area contributed by atoms with Crippen LogP contribution in [0.3, 0.4) is 0 Å². The second kappa shape index (κ2) is 8.13. The summed E-state index contributed by atoms with van der Waals surface area (Å²) in [5, 5.41) is 3.80. The third kappa shape index (κ3) is 4.69. The molecular formula is C20H35NO2Si. The highest BCUT2D eigenvalue weighted by molar-refractivity contribution is 6.74. The summed E-state index contributed by atoms with van der Waals surface area (Å²) in [7, 11) is -1.75. The summed E-state index contributed by atoms with van der Waals surface area (Å²) >= 11 is 0. The lowest BCUT2D eigenvalue weighted by atomic mass is 9.85. The molecule has 3 nitrogen and oxygen atoms in total. The Morgan fingerprint density at radius 1 is 1.17 bits per heavy atom. The SMILES string of the molecule is CCO[C@@H](CO[Si](C)(C)C(C)(C)C)[C@H]1CNC[C@@H]1c1ccccc1. The Kier molecular flexibility index (Phi) is 6.65. The molecule has 0 aromatic heterocycles. The molecule has 1 N–H and O–H groups in total. The Balaban J connectivity index is 2.09. The third-order valence-corrected chi connectivity index (χ3v) is 10.3. The molecule has 1 aliphatic rings. The average Bonchev–Trinajstić information content (AvgIpc) is 3.00. The van der Waals surface area contributed by atoms with Crippen molar-refractivity contribution in [3.05, 3.63) is 35.9 Å². The Morgan fingerprint density at radius 2 is 1.83 bits per heavy atom. The smallest absolute Gasteiger partial charge is 0.192 e. The van der Waals surface area contributed by atoms with E-state index in [-0.39, 0.29) is 11.1 Å². The van der Waals surface area contributed by atoms with Crippen LogP contribution in [0.5, 0.6) is 0 Å². The van der Waals surface area contributed by atoms with E-state index in [9.17, 15) is 0 Å². The maximum absolute atomic E-state index is 6.49. The predicted molar refractivity (Wildman–Crippen MR) is 104 cm³/mol. The van der Waals surface area contributed by atoms with Crippen molar-refractivity contribution < 1.29 is 9.16 Å². The third-order valence-electron chi connectivity index (χ3n) is 5.76. The number of rotatable bonds is 7. The fourth-order valence-corrected chi connectivity index (χ4v) is 4.19. The molecule has 1 aliphatic heterocycles. The Hall–Kier alpha value is -0.683. The summed E-state index contributed by atoms with van der Waals surface area (Å²) in [6, 6.07) is 10.8. The maximum Gasteiger partial charge on any atom is 0.192 e. The minimum atomic E-state index is -1.75. The summed E-state index contributed by atoms with van der Waals surface area (Å²) in [6.45, 7) is 17.1. The highest BCUT2D eigenvalue weighted by Crippen LogP contribution is 2.38. The lowest BCUT2D eigenvalue weighted by molar-refractivity contribution is -0.0129. The van der Waals surface area contributed by atoms with Crippen LogP contribution in [0, 0.1) is 5.92 Å². The lowest BCUT2D eigenvalue weighted by Crippen LogP contribution is -2.45. The van der Waals surface area contributed by atoms with Gasteiger partial charge in [-0.05, 0) is 30.6 Å². The first kappa shape index (κ1) is 19.6. The van der Waals surface area contributed by atoms with Crippen LogP contribution >= 0.6 is 0 Å². The van der Waals surface area contributed by atoms with Crippen molar-refractivity contribution >= 4 is 8.32 Å². The van der Waals surface area contributed by atoms with Crippen molar-refractivity contribution in [2.45, 2.75) is 57.8 Å². The van der Waals surface area contributed by atoms with E-state index in [2.05, 4.69) is 76.4 Å². The van der Waals surface area contributed by atoms with Gasteiger partial charge in [0.15, 0.2) is 8.32 Å². The predicted octanol–water partition coefficient (Wildman–Crippen LogP) is 4.42. The summed E-state index contributed by atoms with van der Waals surface area (Å²) < 4.78 is 12.6. The summed E-state index contributed by atoms with van der Waals surface area (Å²) in [6.07, 6.45) is 0.157. The van der Waals surface area contributed by atoms with Crippen LogP contribution in [0.2, 0.25) is 18.1 Å². The fraction of sp³-hybridized carbons (Fsp3) is 0.700. The molecule has 3 atom stereocenters. The van der Waals surface area contributed by atoms with E-state index < -0.39 is 8.32 Å². The Bertz CT molecular complexity index is 498. The van der Waals surface area contributed by atoms with E-state index >= 15 is 0 Å². The van der Waals surface area contributed by atoms with Crippen molar-refractivity contribution in [3.8, 4) is 0 Å². The minimum Gasteiger partial charge on any atom is -0.414 e. The second-order valence-electron chi connectivity index (χ2n) is 8.40. The van der Waals surface area contributed by atoms with E-state index in [4.69, 9.17) is 9.16 Å². The van der Waals surface area contributed by atoms with Crippen LogP contribution in [0.1, 0.15) is 39.2 Å². The van der Waals surface area contributed by atoms with E-state index in [0.29, 0.717) is 18.4 Å². The van der Waals surface area contributed by atoms with Crippen molar-refractivity contribution in [2.24, 2.45) is 5.92 Å². The van der Waals surface area contributed by atoms with Gasteiger partial charge in [0.2, 0.25) is 0 Å². The van der Waals surface area contributed by atoms with Crippen LogP contribution in [0.25, 0.3) is 0 Å². The molecule has 1 fully saturated rings. The molecule has 0 aliphatic carbocycles. The van der Waals surface area contributed by atoms with Gasteiger partial charge in [-0.1, -0.05) is 51.1 Å². The first-order valence-corrected chi connectivity index (χ1v) is 12.2. The van der Waals surface area contributed by atoms with Gasteiger partial charge >= 0.3 is 0 Å². The second-order valence-corrected chi connectivity index (χ2v) is 13.2. The van der Waals surface area contributed by atoms with Crippen molar-refractivity contribution in [1.82, 2.24) is 5.32 Å². The van der Waals surface area contributed by atoms with Gasteiger partial charge in [-0.2, -0.15) is 0 Å². The molecule has 2 rings (SSSR count). The fourth-order valence-electron chi connectivity index (χ4n) is 3.17. The number of benzene rings is 1. The zero-order chi connectivity index (χ0) is 17.8. The molecule has 1 aromatic carbocycles. The molecule has 24 heavy (non-hydrogen) atoms. The molecule has 1 heterocycles. The van der Waals surface area contributed by atoms with Gasteiger partial charge in [0.05, 0.1) is 12.7 Å². The van der Waals surface area contributed by atoms with Crippen molar-refractivity contribution in [2.75, 3.05) is 26.3 Å². The Labute approximate surface area is 149 Å². The first-order chi connectivity index (χ1) is 11.3. The quantitative estimate of drug-likeness (QED) is 0.739.